The van der Waals surface area contributed by atoms with Crippen LogP contribution in [0.25, 0.3) is 0 Å². The Kier molecular flexibility index (Phi) is 7.31. The quantitative estimate of drug-likeness (QED) is 0.553. The smallest absolute Gasteiger partial charge is 0.243 e. The lowest BCUT2D eigenvalue weighted by Crippen LogP contribution is -2.50. The number of rotatable bonds is 7. The number of amides is 1. The van der Waals surface area contributed by atoms with Gasteiger partial charge in [-0.2, -0.15) is 4.31 Å². The van der Waals surface area contributed by atoms with Gasteiger partial charge in [-0.1, -0.05) is 48.0 Å². The monoisotopic (exact) mass is 479 g/mol. The molecule has 1 aliphatic rings. The molecule has 7 nitrogen and oxygen atoms in total. The van der Waals surface area contributed by atoms with Crippen LogP contribution in [-0.4, -0.2) is 56.3 Å². The van der Waals surface area contributed by atoms with Gasteiger partial charge >= 0.3 is 0 Å². The Labute approximate surface area is 201 Å². The number of carbonyl (C=O) groups excluding carboxylic acids is 1. The maximum absolute atomic E-state index is 13.1. The first kappa shape index (κ1) is 23.9. The minimum absolute atomic E-state index is 0.171. The number of benzene rings is 3. The Morgan fingerprint density at radius 1 is 0.912 bits per heavy atom. The number of ether oxygens (including phenoxy) is 1. The van der Waals surface area contributed by atoms with Gasteiger partial charge in [-0.05, 0) is 49.7 Å². The van der Waals surface area contributed by atoms with E-state index in [2.05, 4.69) is 5.32 Å². The van der Waals surface area contributed by atoms with E-state index in [0.29, 0.717) is 48.3 Å². The third-order valence-electron chi connectivity index (χ3n) is 5.78. The molecule has 0 bridgehead atoms. The minimum atomic E-state index is -3.56. The molecule has 0 atom stereocenters. The summed E-state index contributed by atoms with van der Waals surface area (Å²) in [5.74, 6) is 1.08. The molecule has 0 spiro atoms. The molecule has 1 N–H and O–H groups in total. The van der Waals surface area contributed by atoms with Crippen LogP contribution in [-0.2, 0) is 14.8 Å². The van der Waals surface area contributed by atoms with Crippen LogP contribution >= 0.6 is 0 Å². The van der Waals surface area contributed by atoms with Crippen molar-refractivity contribution in [3.8, 4) is 11.5 Å². The van der Waals surface area contributed by atoms with Crippen molar-refractivity contribution in [2.75, 3.05) is 38.0 Å². The lowest BCUT2D eigenvalue weighted by Gasteiger charge is -2.33. The highest BCUT2D eigenvalue weighted by atomic mass is 32.2. The molecule has 34 heavy (non-hydrogen) atoms. The Balaban J connectivity index is 1.34. The standard InChI is InChI=1S/C26H29N3O4S/c1-20-12-13-25(21(2)18-20)34(31,32)29-16-14-28(15-17-29)19-26(30)27-23-10-6-7-11-24(23)33-22-8-4-3-5-9-22/h3-13,18H,14-17,19H2,1-2H3,(H,27,30). The maximum atomic E-state index is 13.1. The fraction of sp³-hybridized carbons (Fsp3) is 0.269. The topological polar surface area (TPSA) is 79.0 Å². The molecule has 8 heteroatoms. The number of piperazine rings is 1. The number of nitrogens with zero attached hydrogens (tertiary/aromatic N) is 2. The van der Waals surface area contributed by atoms with Gasteiger partial charge in [0.25, 0.3) is 0 Å². The fourth-order valence-electron chi connectivity index (χ4n) is 4.02. The van der Waals surface area contributed by atoms with E-state index in [-0.39, 0.29) is 12.5 Å². The average molecular weight is 480 g/mol. The molecule has 1 amide bonds. The molecule has 0 saturated carbocycles. The van der Waals surface area contributed by atoms with Crippen molar-refractivity contribution in [2.24, 2.45) is 0 Å². The van der Waals surface area contributed by atoms with Gasteiger partial charge in [-0.3, -0.25) is 9.69 Å². The van der Waals surface area contributed by atoms with Crippen LogP contribution in [0, 0.1) is 13.8 Å². The molecule has 1 fully saturated rings. The summed E-state index contributed by atoms with van der Waals surface area (Å²) >= 11 is 0. The van der Waals surface area contributed by atoms with Gasteiger partial charge < -0.3 is 10.1 Å². The molecule has 3 aromatic rings. The van der Waals surface area contributed by atoms with E-state index in [4.69, 9.17) is 4.74 Å². The SMILES string of the molecule is Cc1ccc(S(=O)(=O)N2CCN(CC(=O)Nc3ccccc3Oc3ccccc3)CC2)c(C)c1. The van der Waals surface area contributed by atoms with Gasteiger partial charge in [0.1, 0.15) is 5.75 Å². The van der Waals surface area contributed by atoms with Gasteiger partial charge in [-0.15, -0.1) is 0 Å². The molecule has 178 valence electrons. The van der Waals surface area contributed by atoms with Crippen molar-refractivity contribution in [2.45, 2.75) is 18.7 Å². The second kappa shape index (κ2) is 10.4. The summed E-state index contributed by atoms with van der Waals surface area (Å²) in [5, 5.41) is 2.92. The third kappa shape index (κ3) is 5.64. The minimum Gasteiger partial charge on any atom is -0.455 e. The molecular formula is C26H29N3O4S. The molecule has 3 aromatic carbocycles. The first-order valence-corrected chi connectivity index (χ1v) is 12.7. The summed E-state index contributed by atoms with van der Waals surface area (Å²) in [6, 6.07) is 22.0. The van der Waals surface area contributed by atoms with E-state index in [1.165, 1.54) is 4.31 Å². The first-order valence-electron chi connectivity index (χ1n) is 11.2. The molecule has 1 aliphatic heterocycles. The summed E-state index contributed by atoms with van der Waals surface area (Å²) in [6.07, 6.45) is 0. The molecule has 4 rings (SSSR count). The highest BCUT2D eigenvalue weighted by molar-refractivity contribution is 7.89. The van der Waals surface area contributed by atoms with E-state index in [1.54, 1.807) is 18.2 Å². The largest absolute Gasteiger partial charge is 0.455 e. The van der Waals surface area contributed by atoms with E-state index >= 15 is 0 Å². The van der Waals surface area contributed by atoms with Crippen LogP contribution in [0.3, 0.4) is 0 Å². The molecular weight excluding hydrogens is 450 g/mol. The molecule has 0 radical (unpaired) electrons. The zero-order valence-electron chi connectivity index (χ0n) is 19.4. The summed E-state index contributed by atoms with van der Waals surface area (Å²) < 4.78 is 33.6. The van der Waals surface area contributed by atoms with E-state index in [9.17, 15) is 13.2 Å². The number of hydrogen-bond donors (Lipinski definition) is 1. The normalized spacial score (nSPS) is 15.1. The van der Waals surface area contributed by atoms with Gasteiger partial charge in [0, 0.05) is 26.2 Å². The fourth-order valence-corrected chi connectivity index (χ4v) is 5.65. The van der Waals surface area contributed by atoms with Crippen molar-refractivity contribution >= 4 is 21.6 Å². The summed E-state index contributed by atoms with van der Waals surface area (Å²) in [5.41, 5.74) is 2.37. The zero-order chi connectivity index (χ0) is 24.1. The van der Waals surface area contributed by atoms with Gasteiger partial charge in [-0.25, -0.2) is 8.42 Å². The third-order valence-corrected chi connectivity index (χ3v) is 7.84. The van der Waals surface area contributed by atoms with E-state index in [1.807, 2.05) is 73.3 Å². The Bertz CT molecular complexity index is 1250. The second-order valence-corrected chi connectivity index (χ2v) is 10.3. The van der Waals surface area contributed by atoms with Crippen LogP contribution in [0.5, 0.6) is 11.5 Å². The number of para-hydroxylation sites is 3. The lowest BCUT2D eigenvalue weighted by molar-refractivity contribution is -0.117. The number of aryl methyl sites for hydroxylation is 2. The highest BCUT2D eigenvalue weighted by Crippen LogP contribution is 2.29. The molecule has 0 aliphatic carbocycles. The maximum Gasteiger partial charge on any atom is 0.243 e. The van der Waals surface area contributed by atoms with Crippen LogP contribution in [0.2, 0.25) is 0 Å². The Morgan fingerprint density at radius 2 is 1.59 bits per heavy atom. The van der Waals surface area contributed by atoms with Crippen molar-refractivity contribution in [3.63, 3.8) is 0 Å². The van der Waals surface area contributed by atoms with Gasteiger partial charge in [0.05, 0.1) is 17.1 Å². The lowest BCUT2D eigenvalue weighted by atomic mass is 10.2. The Morgan fingerprint density at radius 3 is 2.29 bits per heavy atom. The van der Waals surface area contributed by atoms with Crippen molar-refractivity contribution < 1.29 is 17.9 Å². The number of hydrogen-bond acceptors (Lipinski definition) is 5. The summed E-state index contributed by atoms with van der Waals surface area (Å²) in [7, 11) is -3.56. The van der Waals surface area contributed by atoms with Crippen molar-refractivity contribution in [3.05, 3.63) is 83.9 Å². The van der Waals surface area contributed by atoms with Gasteiger partial charge in [0.15, 0.2) is 5.75 Å². The number of anilines is 1. The predicted octanol–water partition coefficient (Wildman–Crippen LogP) is 4.04. The molecule has 1 saturated heterocycles. The van der Waals surface area contributed by atoms with Crippen LogP contribution in [0.1, 0.15) is 11.1 Å². The van der Waals surface area contributed by atoms with Crippen molar-refractivity contribution in [1.29, 1.82) is 0 Å². The first-order chi connectivity index (χ1) is 16.3. The Hall–Kier alpha value is -3.20. The van der Waals surface area contributed by atoms with E-state index < -0.39 is 10.0 Å². The second-order valence-electron chi connectivity index (χ2n) is 8.41. The van der Waals surface area contributed by atoms with Crippen molar-refractivity contribution in [1.82, 2.24) is 9.21 Å². The molecule has 0 aromatic heterocycles. The predicted molar refractivity (Wildman–Crippen MR) is 133 cm³/mol. The highest BCUT2D eigenvalue weighted by Gasteiger charge is 2.30. The van der Waals surface area contributed by atoms with E-state index in [0.717, 1.165) is 11.1 Å². The van der Waals surface area contributed by atoms with Crippen LogP contribution in [0.15, 0.2) is 77.7 Å². The van der Waals surface area contributed by atoms with Gasteiger partial charge in [0.2, 0.25) is 15.9 Å². The summed E-state index contributed by atoms with van der Waals surface area (Å²) in [4.78, 5) is 15.0. The molecule has 0 unspecified atom stereocenters. The molecule has 1 heterocycles. The number of sulfonamides is 1. The van der Waals surface area contributed by atoms with Crippen LogP contribution < -0.4 is 10.1 Å². The van der Waals surface area contributed by atoms with Crippen LogP contribution in [0.4, 0.5) is 5.69 Å². The average Bonchev–Trinajstić information content (AvgIpc) is 2.81. The summed E-state index contributed by atoms with van der Waals surface area (Å²) in [6.45, 7) is 5.60. The zero-order valence-corrected chi connectivity index (χ0v) is 20.2. The number of nitrogens with one attached hydrogen (secondary N) is 1. The number of carbonyl (C=O) groups is 1.